The second kappa shape index (κ2) is 5.49. The Labute approximate surface area is 146 Å². The number of aromatic amines is 2. The first-order valence-electron chi connectivity index (χ1n) is 7.63. The molecule has 0 fully saturated rings. The van der Waals surface area contributed by atoms with Crippen LogP contribution in [0, 0.1) is 0 Å². The Bertz CT molecular complexity index is 999. The number of rotatable bonds is 3. The van der Waals surface area contributed by atoms with Crippen molar-refractivity contribution in [2.75, 3.05) is 6.54 Å². The predicted octanol–water partition coefficient (Wildman–Crippen LogP) is 3.56. The fourth-order valence-corrected chi connectivity index (χ4v) is 3.51. The van der Waals surface area contributed by atoms with Gasteiger partial charge < -0.3 is 9.97 Å². The van der Waals surface area contributed by atoms with Gasteiger partial charge in [-0.2, -0.15) is 0 Å². The summed E-state index contributed by atoms with van der Waals surface area (Å²) in [5.74, 6) is -0.516. The quantitative estimate of drug-likeness (QED) is 0.678. The van der Waals surface area contributed by atoms with Crippen LogP contribution in [-0.2, 0) is 9.59 Å². The number of halogens is 1. The van der Waals surface area contributed by atoms with Gasteiger partial charge >= 0.3 is 0 Å². The van der Waals surface area contributed by atoms with Crippen molar-refractivity contribution < 1.29 is 9.59 Å². The molecule has 3 aromatic rings. The highest BCUT2D eigenvalue weighted by Crippen LogP contribution is 2.38. The number of carbonyl (C=O) groups is 2. The summed E-state index contributed by atoms with van der Waals surface area (Å²) in [4.78, 5) is 33.2. The Kier molecular flexibility index (Phi) is 3.42. The third-order valence-electron chi connectivity index (χ3n) is 4.26. The molecule has 24 heavy (non-hydrogen) atoms. The third kappa shape index (κ3) is 2.06. The van der Waals surface area contributed by atoms with Crippen LogP contribution < -0.4 is 0 Å². The number of aromatic nitrogens is 2. The average molecular weight is 384 g/mol. The van der Waals surface area contributed by atoms with Crippen LogP contribution in [0.2, 0.25) is 0 Å². The molecule has 0 atom stereocenters. The van der Waals surface area contributed by atoms with E-state index in [1.54, 1.807) is 19.3 Å². The summed E-state index contributed by atoms with van der Waals surface area (Å²) in [6.07, 6.45) is 3.54. The number of imide groups is 1. The zero-order chi connectivity index (χ0) is 16.8. The number of amides is 2. The van der Waals surface area contributed by atoms with Crippen molar-refractivity contribution >= 4 is 49.8 Å². The molecule has 4 rings (SSSR count). The predicted molar refractivity (Wildman–Crippen MR) is 96.0 cm³/mol. The standard InChI is InChI=1S/C18H14BrN3O2/c1-2-22-17(23)15(16(18(22)24)14-4-3-7-20-14)12-9-21-13-6-5-10(19)8-11(12)13/h3-9,20-21H,2H2,1H3. The lowest BCUT2D eigenvalue weighted by molar-refractivity contribution is -0.135. The molecule has 0 radical (unpaired) electrons. The lowest BCUT2D eigenvalue weighted by Gasteiger charge is -2.11. The third-order valence-corrected chi connectivity index (χ3v) is 4.76. The Morgan fingerprint density at radius 1 is 1.08 bits per heavy atom. The maximum absolute atomic E-state index is 12.9. The number of nitrogens with one attached hydrogen (secondary N) is 2. The molecular weight excluding hydrogens is 370 g/mol. The monoisotopic (exact) mass is 383 g/mol. The van der Waals surface area contributed by atoms with Crippen molar-refractivity contribution in [2.24, 2.45) is 0 Å². The van der Waals surface area contributed by atoms with Gasteiger partial charge in [0.25, 0.3) is 11.8 Å². The second-order valence-corrected chi connectivity index (χ2v) is 6.50. The van der Waals surface area contributed by atoms with Crippen LogP contribution in [-0.4, -0.2) is 33.2 Å². The van der Waals surface area contributed by atoms with Gasteiger partial charge in [-0.1, -0.05) is 15.9 Å². The summed E-state index contributed by atoms with van der Waals surface area (Å²) < 4.78 is 0.919. The largest absolute Gasteiger partial charge is 0.361 e. The van der Waals surface area contributed by atoms with E-state index in [1.807, 2.05) is 30.3 Å². The van der Waals surface area contributed by atoms with E-state index in [-0.39, 0.29) is 11.8 Å². The summed E-state index contributed by atoms with van der Waals surface area (Å²) >= 11 is 3.47. The molecule has 0 unspecified atom stereocenters. The number of nitrogens with zero attached hydrogens (tertiary/aromatic N) is 1. The van der Waals surface area contributed by atoms with Crippen LogP contribution in [0.5, 0.6) is 0 Å². The van der Waals surface area contributed by atoms with Gasteiger partial charge in [-0.15, -0.1) is 0 Å². The van der Waals surface area contributed by atoms with Gasteiger partial charge in [-0.3, -0.25) is 14.5 Å². The SMILES string of the molecule is CCN1C(=O)C(c2ccc[nH]2)=C(c2c[nH]c3ccc(Br)cc23)C1=O. The van der Waals surface area contributed by atoms with Crippen LogP contribution in [0.3, 0.4) is 0 Å². The van der Waals surface area contributed by atoms with Crippen molar-refractivity contribution in [2.45, 2.75) is 6.92 Å². The van der Waals surface area contributed by atoms with E-state index >= 15 is 0 Å². The summed E-state index contributed by atoms with van der Waals surface area (Å²) in [6, 6.07) is 9.45. The van der Waals surface area contributed by atoms with E-state index in [4.69, 9.17) is 0 Å². The number of hydrogen-bond donors (Lipinski definition) is 2. The van der Waals surface area contributed by atoms with Gasteiger partial charge in [0.05, 0.1) is 16.8 Å². The fourth-order valence-electron chi connectivity index (χ4n) is 3.15. The van der Waals surface area contributed by atoms with E-state index in [0.717, 1.165) is 20.9 Å². The zero-order valence-corrected chi connectivity index (χ0v) is 14.5. The molecule has 0 saturated carbocycles. The summed E-state index contributed by atoms with van der Waals surface area (Å²) in [5.41, 5.74) is 3.18. The van der Waals surface area contributed by atoms with E-state index in [2.05, 4.69) is 25.9 Å². The second-order valence-electron chi connectivity index (χ2n) is 5.58. The van der Waals surface area contributed by atoms with Crippen LogP contribution in [0.15, 0.2) is 47.2 Å². The molecule has 3 heterocycles. The first kappa shape index (κ1) is 15.0. The topological polar surface area (TPSA) is 69.0 Å². The Morgan fingerprint density at radius 3 is 2.58 bits per heavy atom. The minimum atomic E-state index is -0.260. The van der Waals surface area contributed by atoms with E-state index in [1.165, 1.54) is 4.90 Å². The molecule has 5 nitrogen and oxygen atoms in total. The highest BCUT2D eigenvalue weighted by molar-refractivity contribution is 9.10. The smallest absolute Gasteiger partial charge is 0.263 e. The van der Waals surface area contributed by atoms with E-state index in [9.17, 15) is 9.59 Å². The maximum atomic E-state index is 12.9. The zero-order valence-electron chi connectivity index (χ0n) is 12.9. The van der Waals surface area contributed by atoms with Gasteiger partial charge in [0.1, 0.15) is 0 Å². The number of benzene rings is 1. The lowest BCUT2D eigenvalue weighted by atomic mass is 9.99. The summed E-state index contributed by atoms with van der Waals surface area (Å²) in [6.45, 7) is 2.15. The van der Waals surface area contributed by atoms with Gasteiger partial charge in [0, 0.05) is 39.9 Å². The number of hydrogen-bond acceptors (Lipinski definition) is 2. The van der Waals surface area contributed by atoms with Crippen molar-refractivity contribution in [3.05, 3.63) is 58.5 Å². The summed E-state index contributed by atoms with van der Waals surface area (Å²) in [5, 5.41) is 0.905. The average Bonchev–Trinajstić information content (AvgIpc) is 3.26. The maximum Gasteiger partial charge on any atom is 0.263 e. The Hall–Kier alpha value is -2.60. The van der Waals surface area contributed by atoms with Crippen LogP contribution in [0.4, 0.5) is 0 Å². The molecule has 0 aliphatic carbocycles. The highest BCUT2D eigenvalue weighted by Gasteiger charge is 2.39. The first-order valence-corrected chi connectivity index (χ1v) is 8.42. The van der Waals surface area contributed by atoms with Crippen LogP contribution in [0.25, 0.3) is 22.0 Å². The molecule has 0 spiro atoms. The Balaban J connectivity index is 2.02. The number of fused-ring (bicyclic) bond motifs is 1. The first-order chi connectivity index (χ1) is 11.6. The van der Waals surface area contributed by atoms with Gasteiger partial charge in [-0.05, 0) is 37.3 Å². The molecule has 2 amide bonds. The molecule has 1 aliphatic rings. The lowest BCUT2D eigenvalue weighted by Crippen LogP contribution is -2.31. The van der Waals surface area contributed by atoms with Crippen molar-refractivity contribution in [3.8, 4) is 0 Å². The normalized spacial score (nSPS) is 15.2. The minimum Gasteiger partial charge on any atom is -0.361 e. The van der Waals surface area contributed by atoms with E-state index < -0.39 is 0 Å². The Morgan fingerprint density at radius 2 is 1.88 bits per heavy atom. The molecule has 2 N–H and O–H groups in total. The number of carbonyl (C=O) groups excluding carboxylic acids is 2. The van der Waals surface area contributed by atoms with Gasteiger partial charge in [0.15, 0.2) is 0 Å². The highest BCUT2D eigenvalue weighted by atomic mass is 79.9. The van der Waals surface area contributed by atoms with Crippen molar-refractivity contribution in [1.82, 2.24) is 14.9 Å². The number of likely N-dealkylation sites (N-methyl/N-ethyl adjacent to an activating group) is 1. The van der Waals surface area contributed by atoms with Crippen LogP contribution in [0.1, 0.15) is 18.2 Å². The molecule has 6 heteroatoms. The summed E-state index contributed by atoms with van der Waals surface area (Å²) in [7, 11) is 0. The molecule has 0 bridgehead atoms. The molecule has 0 saturated heterocycles. The number of H-pyrrole nitrogens is 2. The van der Waals surface area contributed by atoms with E-state index in [0.29, 0.717) is 23.4 Å². The molecule has 1 aliphatic heterocycles. The molecular formula is C18H14BrN3O2. The molecule has 1 aromatic carbocycles. The fraction of sp³-hybridized carbons (Fsp3) is 0.111. The van der Waals surface area contributed by atoms with Crippen molar-refractivity contribution in [1.29, 1.82) is 0 Å². The molecule has 2 aromatic heterocycles. The van der Waals surface area contributed by atoms with Gasteiger partial charge in [0.2, 0.25) is 0 Å². The molecule has 120 valence electrons. The van der Waals surface area contributed by atoms with Crippen LogP contribution >= 0.6 is 15.9 Å². The van der Waals surface area contributed by atoms with Crippen molar-refractivity contribution in [3.63, 3.8) is 0 Å². The minimum absolute atomic E-state index is 0.257. The van der Waals surface area contributed by atoms with Gasteiger partial charge in [-0.25, -0.2) is 0 Å².